The molecule has 1 atom stereocenters. The van der Waals surface area contributed by atoms with Gasteiger partial charge in [-0.05, 0) is 20.0 Å². The number of benzene rings is 1. The van der Waals surface area contributed by atoms with Gasteiger partial charge in [0.1, 0.15) is 11.6 Å². The molecular formula is C14H18FN3O2. The lowest BCUT2D eigenvalue weighted by atomic mass is 10.1. The quantitative estimate of drug-likeness (QED) is 0.742. The van der Waals surface area contributed by atoms with Crippen molar-refractivity contribution in [3.8, 4) is 11.8 Å². The Morgan fingerprint density at radius 3 is 2.95 bits per heavy atom. The van der Waals surface area contributed by atoms with Gasteiger partial charge < -0.3 is 15.4 Å². The van der Waals surface area contributed by atoms with E-state index in [1.165, 1.54) is 12.1 Å². The van der Waals surface area contributed by atoms with E-state index < -0.39 is 5.82 Å². The predicted molar refractivity (Wildman–Crippen MR) is 72.6 cm³/mol. The number of ether oxygens (including phenoxy) is 1. The molecule has 20 heavy (non-hydrogen) atoms. The number of hydrogen-bond donors (Lipinski definition) is 2. The Balaban J connectivity index is 2.64. The van der Waals surface area contributed by atoms with Gasteiger partial charge in [0.2, 0.25) is 0 Å². The monoisotopic (exact) mass is 279 g/mol. The Morgan fingerprint density at radius 1 is 1.55 bits per heavy atom. The van der Waals surface area contributed by atoms with Crippen LogP contribution in [-0.4, -0.2) is 26.1 Å². The second kappa shape index (κ2) is 8.12. The van der Waals surface area contributed by atoms with Crippen molar-refractivity contribution in [1.29, 1.82) is 5.26 Å². The van der Waals surface area contributed by atoms with Crippen LogP contribution >= 0.6 is 0 Å². The van der Waals surface area contributed by atoms with Crippen LogP contribution in [-0.2, 0) is 4.79 Å². The number of carbonyl (C=O) groups excluding carboxylic acids is 1. The molecule has 0 aliphatic rings. The van der Waals surface area contributed by atoms with Gasteiger partial charge in [0, 0.05) is 24.2 Å². The van der Waals surface area contributed by atoms with E-state index in [1.54, 1.807) is 13.1 Å². The van der Waals surface area contributed by atoms with Crippen LogP contribution in [0, 0.1) is 17.1 Å². The van der Waals surface area contributed by atoms with Gasteiger partial charge in [-0.15, -0.1) is 0 Å². The molecule has 0 aromatic heterocycles. The van der Waals surface area contributed by atoms with E-state index in [9.17, 15) is 9.18 Å². The molecular weight excluding hydrogens is 261 g/mol. The van der Waals surface area contributed by atoms with Gasteiger partial charge in [-0.25, -0.2) is 4.39 Å². The second-order valence-electron chi connectivity index (χ2n) is 4.24. The fourth-order valence-corrected chi connectivity index (χ4v) is 1.60. The van der Waals surface area contributed by atoms with Crippen LogP contribution in [0.5, 0.6) is 5.75 Å². The molecule has 1 rings (SSSR count). The van der Waals surface area contributed by atoms with Crippen molar-refractivity contribution in [3.63, 3.8) is 0 Å². The fourth-order valence-electron chi connectivity index (χ4n) is 1.60. The van der Waals surface area contributed by atoms with Crippen molar-refractivity contribution < 1.29 is 13.9 Å². The minimum absolute atomic E-state index is 0.0211. The molecule has 0 spiro atoms. The summed E-state index contributed by atoms with van der Waals surface area (Å²) >= 11 is 0. The van der Waals surface area contributed by atoms with Crippen molar-refractivity contribution in [1.82, 2.24) is 10.6 Å². The first-order valence-electron chi connectivity index (χ1n) is 6.31. The molecule has 1 unspecified atom stereocenters. The molecule has 0 bridgehead atoms. The summed E-state index contributed by atoms with van der Waals surface area (Å²) in [4.78, 5) is 11.5. The summed E-state index contributed by atoms with van der Waals surface area (Å²) in [6.45, 7) is 1.98. The van der Waals surface area contributed by atoms with Crippen LogP contribution in [0.1, 0.15) is 24.9 Å². The van der Waals surface area contributed by atoms with Crippen molar-refractivity contribution in [2.75, 3.05) is 20.2 Å². The van der Waals surface area contributed by atoms with E-state index in [4.69, 9.17) is 10.00 Å². The van der Waals surface area contributed by atoms with Gasteiger partial charge in [-0.2, -0.15) is 5.26 Å². The molecule has 2 N–H and O–H groups in total. The minimum atomic E-state index is -0.419. The van der Waals surface area contributed by atoms with Gasteiger partial charge in [-0.1, -0.05) is 6.07 Å². The highest BCUT2D eigenvalue weighted by Gasteiger charge is 2.12. The normalized spacial score (nSPS) is 11.5. The first-order chi connectivity index (χ1) is 9.58. The number of nitrogens with zero attached hydrogens (tertiary/aromatic N) is 1. The zero-order valence-electron chi connectivity index (χ0n) is 11.6. The Morgan fingerprint density at radius 2 is 2.30 bits per heavy atom. The third-order valence-corrected chi connectivity index (χ3v) is 2.79. The topological polar surface area (TPSA) is 74.2 Å². The lowest BCUT2D eigenvalue weighted by molar-refractivity contribution is -0.123. The third kappa shape index (κ3) is 4.86. The lowest BCUT2D eigenvalue weighted by Crippen LogP contribution is -2.29. The molecule has 108 valence electrons. The van der Waals surface area contributed by atoms with Gasteiger partial charge in [-0.3, -0.25) is 4.79 Å². The number of nitrogens with one attached hydrogen (secondary N) is 2. The number of hydrogen-bond acceptors (Lipinski definition) is 4. The van der Waals surface area contributed by atoms with Crippen molar-refractivity contribution >= 4 is 5.91 Å². The van der Waals surface area contributed by atoms with E-state index in [0.29, 0.717) is 5.75 Å². The van der Waals surface area contributed by atoms with Crippen molar-refractivity contribution in [2.45, 2.75) is 19.4 Å². The van der Waals surface area contributed by atoms with E-state index in [2.05, 4.69) is 10.6 Å². The maximum Gasteiger partial charge on any atom is 0.257 e. The van der Waals surface area contributed by atoms with E-state index in [0.717, 1.165) is 5.56 Å². The molecule has 1 aromatic rings. The summed E-state index contributed by atoms with van der Waals surface area (Å²) in [5.74, 6) is -0.424. The van der Waals surface area contributed by atoms with Crippen LogP contribution in [0.15, 0.2) is 18.2 Å². The molecule has 1 amide bonds. The average Bonchev–Trinajstić information content (AvgIpc) is 2.44. The molecule has 0 saturated carbocycles. The van der Waals surface area contributed by atoms with Gasteiger partial charge in [0.05, 0.1) is 12.5 Å². The summed E-state index contributed by atoms with van der Waals surface area (Å²) in [6.07, 6.45) is 0.244. The molecule has 0 saturated heterocycles. The van der Waals surface area contributed by atoms with E-state index in [1.807, 2.05) is 13.0 Å². The molecule has 6 heteroatoms. The average molecular weight is 279 g/mol. The maximum absolute atomic E-state index is 13.3. The molecule has 0 radical (unpaired) electrons. The summed E-state index contributed by atoms with van der Waals surface area (Å²) in [5.41, 5.74) is 0.777. The fraction of sp³-hybridized carbons (Fsp3) is 0.429. The molecule has 5 nitrogen and oxygen atoms in total. The summed E-state index contributed by atoms with van der Waals surface area (Å²) in [7, 11) is 1.78. The van der Waals surface area contributed by atoms with E-state index >= 15 is 0 Å². The van der Waals surface area contributed by atoms with Crippen molar-refractivity contribution in [3.05, 3.63) is 29.6 Å². The smallest absolute Gasteiger partial charge is 0.257 e. The van der Waals surface area contributed by atoms with Crippen LogP contribution in [0.25, 0.3) is 0 Å². The highest BCUT2D eigenvalue weighted by Crippen LogP contribution is 2.25. The Kier molecular flexibility index (Phi) is 6.47. The highest BCUT2D eigenvalue weighted by atomic mass is 19.1. The SMILES string of the molecule is CNC(C)c1ccc(F)cc1OCC(=O)NCCC#N. The first kappa shape index (κ1) is 15.9. The largest absolute Gasteiger partial charge is 0.483 e. The molecule has 0 aliphatic heterocycles. The number of nitriles is 1. The highest BCUT2D eigenvalue weighted by molar-refractivity contribution is 5.77. The zero-order valence-corrected chi connectivity index (χ0v) is 11.6. The molecule has 0 aliphatic carbocycles. The lowest BCUT2D eigenvalue weighted by Gasteiger charge is -2.16. The second-order valence-corrected chi connectivity index (χ2v) is 4.24. The van der Waals surface area contributed by atoms with Crippen molar-refractivity contribution in [2.24, 2.45) is 0 Å². The zero-order chi connectivity index (χ0) is 15.0. The molecule has 0 heterocycles. The molecule has 0 fully saturated rings. The number of halogens is 1. The minimum Gasteiger partial charge on any atom is -0.483 e. The number of carbonyl (C=O) groups is 1. The van der Waals surface area contributed by atoms with E-state index in [-0.39, 0.29) is 31.5 Å². The summed E-state index contributed by atoms with van der Waals surface area (Å²) in [5, 5.41) is 13.9. The van der Waals surface area contributed by atoms with Gasteiger partial charge in [0.25, 0.3) is 5.91 Å². The summed E-state index contributed by atoms with van der Waals surface area (Å²) in [6, 6.07) is 6.13. The number of amides is 1. The van der Waals surface area contributed by atoms with Crippen LogP contribution in [0.3, 0.4) is 0 Å². The Labute approximate surface area is 117 Å². The van der Waals surface area contributed by atoms with Crippen LogP contribution in [0.2, 0.25) is 0 Å². The van der Waals surface area contributed by atoms with Gasteiger partial charge >= 0.3 is 0 Å². The van der Waals surface area contributed by atoms with Crippen LogP contribution < -0.4 is 15.4 Å². The Bertz CT molecular complexity index is 500. The third-order valence-electron chi connectivity index (χ3n) is 2.79. The standard InChI is InChI=1S/C14H18FN3O2/c1-10(17-2)12-5-4-11(15)8-13(12)20-9-14(19)18-7-3-6-16/h4-5,8,10,17H,3,7,9H2,1-2H3,(H,18,19). The Hall–Kier alpha value is -2.13. The number of rotatable bonds is 7. The van der Waals surface area contributed by atoms with Crippen LogP contribution in [0.4, 0.5) is 4.39 Å². The summed E-state index contributed by atoms with van der Waals surface area (Å²) < 4.78 is 18.6. The maximum atomic E-state index is 13.3. The first-order valence-corrected chi connectivity index (χ1v) is 6.31. The van der Waals surface area contributed by atoms with Gasteiger partial charge in [0.15, 0.2) is 6.61 Å². The predicted octanol–water partition coefficient (Wildman–Crippen LogP) is 1.51. The molecule has 1 aromatic carbocycles.